The third kappa shape index (κ3) is 6.93. The van der Waals surface area contributed by atoms with Crippen molar-refractivity contribution in [3.05, 3.63) is 60.6 Å². The topological polar surface area (TPSA) is 114 Å². The van der Waals surface area contributed by atoms with Crippen LogP contribution >= 0.6 is 0 Å². The second-order valence-electron chi connectivity index (χ2n) is 7.53. The number of benzene rings is 2. The van der Waals surface area contributed by atoms with Crippen LogP contribution in [0.15, 0.2) is 54.7 Å². The first kappa shape index (κ1) is 24.5. The second kappa shape index (κ2) is 12.2. The molecule has 0 atom stereocenters. The van der Waals surface area contributed by atoms with Crippen LogP contribution < -0.4 is 20.1 Å². The lowest BCUT2D eigenvalue weighted by Crippen LogP contribution is -2.01. The van der Waals surface area contributed by atoms with Gasteiger partial charge in [-0.15, -0.1) is 0 Å². The molecule has 2 heterocycles. The molecule has 2 aromatic carbocycles. The molecule has 9 nitrogen and oxygen atoms in total. The zero-order valence-corrected chi connectivity index (χ0v) is 19.8. The number of H-pyrrole nitrogens is 1. The van der Waals surface area contributed by atoms with Gasteiger partial charge in [-0.3, -0.25) is 5.10 Å². The Bertz CT molecular complexity index is 1170. The number of aromatic nitrogens is 4. The Hall–Kier alpha value is -4.14. The van der Waals surface area contributed by atoms with E-state index in [0.29, 0.717) is 29.1 Å². The third-order valence-corrected chi connectivity index (χ3v) is 5.00. The number of para-hydroxylation sites is 1. The van der Waals surface area contributed by atoms with Gasteiger partial charge in [-0.2, -0.15) is 5.10 Å². The zero-order valence-electron chi connectivity index (χ0n) is 19.8. The van der Waals surface area contributed by atoms with Gasteiger partial charge in [0.05, 0.1) is 25.9 Å². The first-order valence-electron chi connectivity index (χ1n) is 10.9. The Morgan fingerprint density at radius 1 is 1.03 bits per heavy atom. The molecule has 0 unspecified atom stereocenters. The molecule has 0 saturated heterocycles. The fraction of sp³-hybridized carbons (Fsp3) is 0.280. The van der Waals surface area contributed by atoms with E-state index in [0.717, 1.165) is 41.5 Å². The maximum absolute atomic E-state index is 9.57. The number of nitrogens with one attached hydrogen (secondary N) is 3. The van der Waals surface area contributed by atoms with Crippen molar-refractivity contribution in [2.75, 3.05) is 31.9 Å². The van der Waals surface area contributed by atoms with Crippen molar-refractivity contribution >= 4 is 34.5 Å². The van der Waals surface area contributed by atoms with E-state index in [-0.39, 0.29) is 0 Å². The molecule has 1 aliphatic rings. The van der Waals surface area contributed by atoms with Crippen molar-refractivity contribution in [1.82, 2.24) is 20.2 Å². The van der Waals surface area contributed by atoms with E-state index in [9.17, 15) is 4.79 Å². The number of hydrogen-bond acceptors (Lipinski definition) is 8. The van der Waals surface area contributed by atoms with E-state index >= 15 is 0 Å². The minimum absolute atomic E-state index is 0.454. The maximum atomic E-state index is 9.57. The predicted octanol–water partition coefficient (Wildman–Crippen LogP) is 4.75. The standard InChI is InChI=1S/C13H13N5O.C8H11NO.C4H6O/c1-8-14-7-11(19-2)13(15-8)16-12-9-5-3-4-6-10(9)17-18-12;1-9-7-3-5-8(10-2)6-4-7;5-3-4-1-2-4/h3-7H,1-2H3,(H2,14,15,16,17,18);3-6,9H,1-2H3;3-4H,1-2H2. The molecule has 178 valence electrons. The van der Waals surface area contributed by atoms with Crippen molar-refractivity contribution in [2.24, 2.45) is 5.92 Å². The summed E-state index contributed by atoms with van der Waals surface area (Å²) < 4.78 is 10.2. The molecule has 1 saturated carbocycles. The molecule has 4 aromatic rings. The Kier molecular flexibility index (Phi) is 8.79. The van der Waals surface area contributed by atoms with Crippen LogP contribution in [0.5, 0.6) is 11.5 Å². The predicted molar refractivity (Wildman–Crippen MR) is 134 cm³/mol. The number of aromatic amines is 1. The molecule has 0 amide bonds. The number of methoxy groups -OCH3 is 2. The summed E-state index contributed by atoms with van der Waals surface area (Å²) in [6, 6.07) is 15.7. The van der Waals surface area contributed by atoms with Gasteiger partial charge >= 0.3 is 0 Å². The molecule has 0 aliphatic heterocycles. The van der Waals surface area contributed by atoms with Crippen LogP contribution in [0.3, 0.4) is 0 Å². The van der Waals surface area contributed by atoms with Gasteiger partial charge in [0, 0.05) is 24.0 Å². The van der Waals surface area contributed by atoms with Crippen molar-refractivity contribution in [1.29, 1.82) is 0 Å². The number of aldehydes is 1. The summed E-state index contributed by atoms with van der Waals surface area (Å²) >= 11 is 0. The molecule has 34 heavy (non-hydrogen) atoms. The molecule has 1 aliphatic carbocycles. The fourth-order valence-electron chi connectivity index (χ4n) is 2.86. The molecule has 0 radical (unpaired) electrons. The van der Waals surface area contributed by atoms with Crippen molar-refractivity contribution in [3.63, 3.8) is 0 Å². The summed E-state index contributed by atoms with van der Waals surface area (Å²) in [5, 5.41) is 14.4. The van der Waals surface area contributed by atoms with E-state index < -0.39 is 0 Å². The molecule has 9 heteroatoms. The third-order valence-electron chi connectivity index (χ3n) is 5.00. The number of nitrogens with zero attached hydrogens (tertiary/aromatic N) is 3. The van der Waals surface area contributed by atoms with Crippen LogP contribution in [0.2, 0.25) is 0 Å². The summed E-state index contributed by atoms with van der Waals surface area (Å²) in [6.07, 6.45) is 4.95. The number of ether oxygens (including phenoxy) is 2. The maximum Gasteiger partial charge on any atom is 0.179 e. The number of carbonyl (C=O) groups is 1. The van der Waals surface area contributed by atoms with E-state index in [4.69, 9.17) is 9.47 Å². The van der Waals surface area contributed by atoms with Crippen LogP contribution in [0, 0.1) is 12.8 Å². The molecular weight excluding hydrogens is 432 g/mol. The monoisotopic (exact) mass is 462 g/mol. The summed E-state index contributed by atoms with van der Waals surface area (Å²) in [5.41, 5.74) is 2.07. The van der Waals surface area contributed by atoms with Crippen LogP contribution in [0.1, 0.15) is 18.7 Å². The smallest absolute Gasteiger partial charge is 0.179 e. The minimum atomic E-state index is 0.454. The van der Waals surface area contributed by atoms with E-state index in [1.165, 1.54) is 0 Å². The summed E-state index contributed by atoms with van der Waals surface area (Å²) in [7, 11) is 5.14. The van der Waals surface area contributed by atoms with Gasteiger partial charge < -0.3 is 24.9 Å². The zero-order chi connectivity index (χ0) is 24.3. The van der Waals surface area contributed by atoms with Crippen LogP contribution in [0.25, 0.3) is 10.9 Å². The highest BCUT2D eigenvalue weighted by Crippen LogP contribution is 2.27. The van der Waals surface area contributed by atoms with Gasteiger partial charge in [-0.25, -0.2) is 9.97 Å². The van der Waals surface area contributed by atoms with Crippen LogP contribution in [-0.4, -0.2) is 47.7 Å². The number of carbonyl (C=O) groups excluding carboxylic acids is 1. The quantitative estimate of drug-likeness (QED) is 0.352. The van der Waals surface area contributed by atoms with Gasteiger partial charge in [-0.1, -0.05) is 12.1 Å². The first-order chi connectivity index (χ1) is 16.6. The lowest BCUT2D eigenvalue weighted by atomic mass is 10.2. The lowest BCUT2D eigenvalue weighted by Gasteiger charge is -2.08. The summed E-state index contributed by atoms with van der Waals surface area (Å²) in [6.45, 7) is 1.83. The number of anilines is 3. The van der Waals surface area contributed by atoms with Crippen molar-refractivity contribution < 1.29 is 14.3 Å². The molecule has 0 bridgehead atoms. The summed E-state index contributed by atoms with van der Waals surface area (Å²) in [5.74, 6) is 3.91. The highest BCUT2D eigenvalue weighted by atomic mass is 16.5. The fourth-order valence-corrected chi connectivity index (χ4v) is 2.86. The molecular formula is C25H30N6O3. The van der Waals surface area contributed by atoms with Gasteiger partial charge in [0.15, 0.2) is 17.4 Å². The molecule has 1 fully saturated rings. The van der Waals surface area contributed by atoms with E-state index in [2.05, 4.69) is 30.8 Å². The highest BCUT2D eigenvalue weighted by Gasteiger charge is 2.19. The van der Waals surface area contributed by atoms with Gasteiger partial charge in [0.25, 0.3) is 0 Å². The normalized spacial score (nSPS) is 11.9. The second-order valence-corrected chi connectivity index (χ2v) is 7.53. The summed E-state index contributed by atoms with van der Waals surface area (Å²) in [4.78, 5) is 18.0. The number of rotatable bonds is 6. The molecule has 0 spiro atoms. The van der Waals surface area contributed by atoms with Gasteiger partial charge in [-0.05, 0) is 56.2 Å². The van der Waals surface area contributed by atoms with Crippen LogP contribution in [-0.2, 0) is 4.79 Å². The number of aryl methyl sites for hydroxylation is 1. The van der Waals surface area contributed by atoms with Gasteiger partial charge in [0.2, 0.25) is 0 Å². The molecule has 5 rings (SSSR count). The lowest BCUT2D eigenvalue weighted by molar-refractivity contribution is -0.108. The Balaban J connectivity index is 0.000000179. The molecule has 3 N–H and O–H groups in total. The van der Waals surface area contributed by atoms with Gasteiger partial charge in [0.1, 0.15) is 17.9 Å². The average Bonchev–Trinajstić information content (AvgIpc) is 3.65. The van der Waals surface area contributed by atoms with Crippen LogP contribution in [0.4, 0.5) is 17.3 Å². The SMILES string of the molecule is CNc1ccc(OC)cc1.COc1cnc(C)nc1Nc1n[nH]c2ccccc12.O=CC1CC1. The molecule has 2 aromatic heterocycles. The van der Waals surface area contributed by atoms with E-state index in [1.54, 1.807) is 20.4 Å². The number of fused-ring (bicyclic) bond motifs is 1. The minimum Gasteiger partial charge on any atom is -0.497 e. The van der Waals surface area contributed by atoms with Crippen molar-refractivity contribution in [3.8, 4) is 11.5 Å². The van der Waals surface area contributed by atoms with E-state index in [1.807, 2.05) is 62.5 Å². The van der Waals surface area contributed by atoms with Crippen molar-refractivity contribution in [2.45, 2.75) is 19.8 Å². The largest absolute Gasteiger partial charge is 0.497 e. The highest BCUT2D eigenvalue weighted by molar-refractivity contribution is 5.91. The Morgan fingerprint density at radius 2 is 1.76 bits per heavy atom. The Morgan fingerprint density at radius 3 is 2.35 bits per heavy atom. The Labute approximate surface area is 198 Å². The number of hydrogen-bond donors (Lipinski definition) is 3. The first-order valence-corrected chi connectivity index (χ1v) is 10.9. The average molecular weight is 463 g/mol.